The lowest BCUT2D eigenvalue weighted by atomic mass is 10.1. The summed E-state index contributed by atoms with van der Waals surface area (Å²) in [7, 11) is 1.69. The number of para-hydroxylation sites is 2. The monoisotopic (exact) mass is 528 g/mol. The quantitative estimate of drug-likeness (QED) is 0.297. The van der Waals surface area contributed by atoms with E-state index in [2.05, 4.69) is 33.4 Å². The van der Waals surface area contributed by atoms with Gasteiger partial charge in [-0.2, -0.15) is 0 Å². The molecule has 206 valence electrons. The zero-order valence-corrected chi connectivity index (χ0v) is 23.3. The van der Waals surface area contributed by atoms with E-state index in [9.17, 15) is 9.59 Å². The number of methoxy groups -OCH3 is 1. The van der Waals surface area contributed by atoms with E-state index in [4.69, 9.17) is 4.74 Å². The highest BCUT2D eigenvalue weighted by Crippen LogP contribution is 2.31. The molecular weight excluding hydrogens is 488 g/mol. The Morgan fingerprint density at radius 3 is 2.23 bits per heavy atom. The molecule has 0 spiro atoms. The highest BCUT2D eigenvalue weighted by Gasteiger charge is 2.24. The normalized spacial score (nSPS) is 14.0. The molecule has 0 aliphatic carbocycles. The van der Waals surface area contributed by atoms with Crippen LogP contribution in [0, 0.1) is 0 Å². The van der Waals surface area contributed by atoms with Crippen molar-refractivity contribution in [3.05, 3.63) is 83.9 Å². The van der Waals surface area contributed by atoms with E-state index in [0.29, 0.717) is 17.7 Å². The Kier molecular flexibility index (Phi) is 9.84. The number of nitrogens with one attached hydrogen (secondary N) is 2. The molecule has 1 heterocycles. The zero-order chi connectivity index (χ0) is 27.6. The minimum Gasteiger partial charge on any atom is -0.495 e. The van der Waals surface area contributed by atoms with Gasteiger partial charge in [0.1, 0.15) is 5.75 Å². The largest absolute Gasteiger partial charge is 0.495 e. The summed E-state index contributed by atoms with van der Waals surface area (Å²) >= 11 is 0. The first-order valence-corrected chi connectivity index (χ1v) is 13.9. The Labute approximate surface area is 232 Å². The van der Waals surface area contributed by atoms with Crippen LogP contribution >= 0.6 is 0 Å². The summed E-state index contributed by atoms with van der Waals surface area (Å²) < 4.78 is 5.57. The molecule has 7 heteroatoms. The lowest BCUT2D eigenvalue weighted by Gasteiger charge is -2.38. The van der Waals surface area contributed by atoms with Gasteiger partial charge in [-0.05, 0) is 49.2 Å². The van der Waals surface area contributed by atoms with Gasteiger partial charge in [-0.1, -0.05) is 62.2 Å². The van der Waals surface area contributed by atoms with Crippen molar-refractivity contribution >= 4 is 28.9 Å². The lowest BCUT2D eigenvalue weighted by Crippen LogP contribution is -2.47. The maximum Gasteiger partial charge on any atom is 0.253 e. The number of piperazine rings is 1. The summed E-state index contributed by atoms with van der Waals surface area (Å²) in [6.45, 7) is 7.23. The average molecular weight is 529 g/mol. The van der Waals surface area contributed by atoms with Crippen molar-refractivity contribution in [2.75, 3.05) is 48.4 Å². The van der Waals surface area contributed by atoms with Gasteiger partial charge in [0, 0.05) is 44.0 Å². The van der Waals surface area contributed by atoms with Gasteiger partial charge in [0.05, 0.1) is 24.4 Å². The highest BCUT2D eigenvalue weighted by atomic mass is 16.5. The van der Waals surface area contributed by atoms with Crippen LogP contribution in [0.1, 0.15) is 61.5 Å². The van der Waals surface area contributed by atoms with Crippen LogP contribution in [0.2, 0.25) is 0 Å². The van der Waals surface area contributed by atoms with Gasteiger partial charge in [-0.3, -0.25) is 9.59 Å². The molecule has 1 aliphatic rings. The minimum atomic E-state index is -0.157. The van der Waals surface area contributed by atoms with Gasteiger partial charge >= 0.3 is 0 Å². The van der Waals surface area contributed by atoms with Gasteiger partial charge in [0.2, 0.25) is 5.91 Å². The zero-order valence-electron chi connectivity index (χ0n) is 23.3. The predicted molar refractivity (Wildman–Crippen MR) is 159 cm³/mol. The molecule has 7 nitrogen and oxygen atoms in total. The van der Waals surface area contributed by atoms with Crippen molar-refractivity contribution in [1.82, 2.24) is 5.32 Å². The fraction of sp³-hybridized carbons (Fsp3) is 0.375. The summed E-state index contributed by atoms with van der Waals surface area (Å²) in [5, 5.41) is 6.15. The van der Waals surface area contributed by atoms with Crippen molar-refractivity contribution in [2.24, 2.45) is 0 Å². The number of hydrogen-bond acceptors (Lipinski definition) is 5. The number of benzene rings is 3. The number of amides is 2. The Hall–Kier alpha value is -4.00. The molecule has 1 aliphatic heterocycles. The van der Waals surface area contributed by atoms with E-state index in [1.54, 1.807) is 7.11 Å². The molecule has 2 amide bonds. The average Bonchev–Trinajstić information content (AvgIpc) is 2.97. The fourth-order valence-corrected chi connectivity index (χ4v) is 5.01. The molecule has 0 bridgehead atoms. The third-order valence-electron chi connectivity index (χ3n) is 7.23. The lowest BCUT2D eigenvalue weighted by molar-refractivity contribution is -0.116. The van der Waals surface area contributed by atoms with E-state index in [1.807, 2.05) is 73.7 Å². The standard InChI is InChI=1S/C32H40N4O3/c1-4-5-7-16-31(37)34-26-17-18-28(27(23-26)32(38)33-24(2)25-12-8-6-9-13-25)35-19-21-36(22-20-35)29-14-10-11-15-30(29)39-3/h6,8-15,17-18,23-24H,4-5,7,16,19-22H2,1-3H3,(H,33,38)(H,34,37). The van der Waals surface area contributed by atoms with Gasteiger partial charge in [0.25, 0.3) is 5.91 Å². The van der Waals surface area contributed by atoms with E-state index >= 15 is 0 Å². The van der Waals surface area contributed by atoms with Crippen molar-refractivity contribution in [3.8, 4) is 5.75 Å². The number of rotatable bonds is 11. The summed E-state index contributed by atoms with van der Waals surface area (Å²) in [5.74, 6) is 0.682. The van der Waals surface area contributed by atoms with Crippen LogP contribution in [-0.4, -0.2) is 45.1 Å². The van der Waals surface area contributed by atoms with Gasteiger partial charge in [-0.15, -0.1) is 0 Å². The van der Waals surface area contributed by atoms with Crippen LogP contribution in [0.15, 0.2) is 72.8 Å². The first-order chi connectivity index (χ1) is 19.0. The molecule has 3 aromatic rings. The number of anilines is 3. The molecule has 1 atom stereocenters. The predicted octanol–water partition coefficient (Wildman–Crippen LogP) is 6.03. The third-order valence-corrected chi connectivity index (χ3v) is 7.23. The van der Waals surface area contributed by atoms with E-state index in [1.165, 1.54) is 0 Å². The third kappa shape index (κ3) is 7.31. The topological polar surface area (TPSA) is 73.9 Å². The van der Waals surface area contributed by atoms with Crippen molar-refractivity contribution in [1.29, 1.82) is 0 Å². The fourth-order valence-electron chi connectivity index (χ4n) is 5.01. The van der Waals surface area contributed by atoms with Crippen LogP contribution in [0.4, 0.5) is 17.1 Å². The Bertz CT molecular complexity index is 1240. The Balaban J connectivity index is 1.53. The van der Waals surface area contributed by atoms with Crippen molar-refractivity contribution in [3.63, 3.8) is 0 Å². The van der Waals surface area contributed by atoms with E-state index < -0.39 is 0 Å². The van der Waals surface area contributed by atoms with E-state index in [0.717, 1.165) is 68.1 Å². The summed E-state index contributed by atoms with van der Waals surface area (Å²) in [6.07, 6.45) is 3.43. The number of carbonyl (C=O) groups excluding carboxylic acids is 2. The number of hydrogen-bond donors (Lipinski definition) is 2. The van der Waals surface area contributed by atoms with Crippen LogP contribution in [-0.2, 0) is 4.79 Å². The molecule has 0 radical (unpaired) electrons. The molecule has 1 fully saturated rings. The second-order valence-corrected chi connectivity index (χ2v) is 9.99. The number of ether oxygens (including phenoxy) is 1. The molecule has 2 N–H and O–H groups in total. The molecule has 4 rings (SSSR count). The number of nitrogens with zero attached hydrogens (tertiary/aromatic N) is 2. The first-order valence-electron chi connectivity index (χ1n) is 13.9. The molecule has 3 aromatic carbocycles. The van der Waals surface area contributed by atoms with Crippen LogP contribution in [0.3, 0.4) is 0 Å². The molecule has 0 aromatic heterocycles. The van der Waals surface area contributed by atoms with Gasteiger partial charge in [0.15, 0.2) is 0 Å². The van der Waals surface area contributed by atoms with Crippen LogP contribution in [0.25, 0.3) is 0 Å². The number of unbranched alkanes of at least 4 members (excludes halogenated alkanes) is 2. The smallest absolute Gasteiger partial charge is 0.253 e. The molecule has 0 saturated carbocycles. The van der Waals surface area contributed by atoms with Crippen molar-refractivity contribution in [2.45, 2.75) is 45.6 Å². The second-order valence-electron chi connectivity index (χ2n) is 9.99. The molecule has 1 unspecified atom stereocenters. The summed E-state index contributed by atoms with van der Waals surface area (Å²) in [6, 6.07) is 23.5. The van der Waals surface area contributed by atoms with Gasteiger partial charge in [-0.25, -0.2) is 0 Å². The second kappa shape index (κ2) is 13.7. The molecule has 39 heavy (non-hydrogen) atoms. The SMILES string of the molecule is CCCCCC(=O)Nc1ccc(N2CCN(c3ccccc3OC)CC2)c(C(=O)NC(C)c2ccccc2)c1. The first kappa shape index (κ1) is 28.0. The van der Waals surface area contributed by atoms with Gasteiger partial charge < -0.3 is 25.2 Å². The maximum atomic E-state index is 13.6. The molecular formula is C32H40N4O3. The van der Waals surface area contributed by atoms with E-state index in [-0.39, 0.29) is 17.9 Å². The van der Waals surface area contributed by atoms with Crippen LogP contribution in [0.5, 0.6) is 5.75 Å². The van der Waals surface area contributed by atoms with Crippen LogP contribution < -0.4 is 25.2 Å². The number of carbonyl (C=O) groups is 2. The minimum absolute atomic E-state index is 0.0226. The molecule has 1 saturated heterocycles. The highest BCUT2D eigenvalue weighted by molar-refractivity contribution is 6.02. The summed E-state index contributed by atoms with van der Waals surface area (Å²) in [4.78, 5) is 30.7. The maximum absolute atomic E-state index is 13.6. The Morgan fingerprint density at radius 1 is 0.872 bits per heavy atom. The summed E-state index contributed by atoms with van der Waals surface area (Å²) in [5.41, 5.74) is 4.20. The Morgan fingerprint density at radius 2 is 1.54 bits per heavy atom. The van der Waals surface area contributed by atoms with Crippen molar-refractivity contribution < 1.29 is 14.3 Å².